The number of aliphatic hydroxyl groups excluding tert-OH is 1. The van der Waals surface area contributed by atoms with E-state index in [9.17, 15) is 24.6 Å². The highest BCUT2D eigenvalue weighted by atomic mass is 19.3. The van der Waals surface area contributed by atoms with Gasteiger partial charge in [0, 0.05) is 17.7 Å². The summed E-state index contributed by atoms with van der Waals surface area (Å²) in [4.78, 5) is 41.8. The Kier molecular flexibility index (Phi) is 10.1. The topological polar surface area (TPSA) is 128 Å². The fourth-order valence-electron chi connectivity index (χ4n) is 6.08. The summed E-state index contributed by atoms with van der Waals surface area (Å²) in [6.45, 7) is 5.24. The molecule has 48 heavy (non-hydrogen) atoms. The van der Waals surface area contributed by atoms with Gasteiger partial charge in [-0.25, -0.2) is 8.78 Å². The van der Waals surface area contributed by atoms with Crippen molar-refractivity contribution in [3.63, 3.8) is 0 Å². The summed E-state index contributed by atoms with van der Waals surface area (Å²) in [6.07, 6.45) is 0.281. The number of nitrogens with one attached hydrogen (secondary N) is 2. The smallest absolute Gasteiger partial charge is 0.272 e. The van der Waals surface area contributed by atoms with E-state index in [1.165, 1.54) is 19.9 Å². The van der Waals surface area contributed by atoms with E-state index in [0.29, 0.717) is 40.5 Å². The third-order valence-electron chi connectivity index (χ3n) is 9.40. The molecule has 1 heterocycles. The summed E-state index contributed by atoms with van der Waals surface area (Å²) in [5.74, 6) is -4.93. The Morgan fingerprint density at radius 1 is 1.00 bits per heavy atom. The van der Waals surface area contributed by atoms with Crippen LogP contribution in [0.4, 0.5) is 8.78 Å². The van der Waals surface area contributed by atoms with Gasteiger partial charge in [-0.1, -0.05) is 56.3 Å². The molecule has 5 rings (SSSR count). The Labute approximate surface area is 279 Å². The zero-order valence-corrected chi connectivity index (χ0v) is 27.6. The van der Waals surface area contributed by atoms with Crippen LogP contribution >= 0.6 is 0 Å². The second kappa shape index (κ2) is 13.9. The summed E-state index contributed by atoms with van der Waals surface area (Å²) in [5, 5.41) is 27.2. The van der Waals surface area contributed by atoms with Gasteiger partial charge in [0.2, 0.25) is 5.91 Å². The summed E-state index contributed by atoms with van der Waals surface area (Å²) < 4.78 is 36.8. The lowest BCUT2D eigenvalue weighted by molar-refractivity contribution is -0.148. The number of phenolic OH excluding ortho intramolecular Hbond substituents is 1. The number of aryl methyl sites for hydroxylation is 1. The number of likely N-dealkylation sites (tertiary alicyclic amines) is 1. The molecule has 0 bridgehead atoms. The molecule has 11 heteroatoms. The number of aromatic hydroxyl groups is 1. The van der Waals surface area contributed by atoms with Gasteiger partial charge in [0.1, 0.15) is 17.5 Å². The van der Waals surface area contributed by atoms with Gasteiger partial charge < -0.3 is 30.5 Å². The SMILES string of the molecule is Cc1cc(O)c(C)c(C(=O)NC(Cc2ccccc2)C(O)C(=O)N2CC(F)(F)C(C)(C)C2C(=O)NCc2cccc(OCC3CC3)c2)c1. The minimum Gasteiger partial charge on any atom is -0.508 e. The van der Waals surface area contributed by atoms with Crippen LogP contribution in [0.2, 0.25) is 0 Å². The van der Waals surface area contributed by atoms with Crippen LogP contribution in [-0.4, -0.2) is 70.1 Å². The van der Waals surface area contributed by atoms with Crippen LogP contribution in [0.3, 0.4) is 0 Å². The molecule has 3 atom stereocenters. The number of nitrogens with zero attached hydrogens (tertiary/aromatic N) is 1. The third-order valence-corrected chi connectivity index (χ3v) is 9.40. The lowest BCUT2D eigenvalue weighted by atomic mass is 9.81. The first-order valence-corrected chi connectivity index (χ1v) is 16.2. The molecule has 0 spiro atoms. The van der Waals surface area contributed by atoms with Crippen LogP contribution in [0.15, 0.2) is 66.7 Å². The molecular formula is C37H43F2N3O6. The number of carbonyl (C=O) groups excluding carboxylic acids is 3. The van der Waals surface area contributed by atoms with Crippen molar-refractivity contribution in [2.45, 2.75) is 77.6 Å². The average molecular weight is 664 g/mol. The molecule has 1 aliphatic heterocycles. The normalized spacial score (nSPS) is 19.3. The molecule has 256 valence electrons. The molecule has 2 aliphatic rings. The maximum Gasteiger partial charge on any atom is 0.272 e. The summed E-state index contributed by atoms with van der Waals surface area (Å²) in [6, 6.07) is 16.1. The van der Waals surface area contributed by atoms with E-state index < -0.39 is 53.8 Å². The molecule has 0 aromatic heterocycles. The monoisotopic (exact) mass is 663 g/mol. The van der Waals surface area contributed by atoms with E-state index in [-0.39, 0.29) is 24.3 Å². The van der Waals surface area contributed by atoms with Gasteiger partial charge in [-0.2, -0.15) is 0 Å². The van der Waals surface area contributed by atoms with E-state index >= 15 is 8.78 Å². The van der Waals surface area contributed by atoms with Gasteiger partial charge in [0.05, 0.1) is 24.6 Å². The van der Waals surface area contributed by atoms with Crippen molar-refractivity contribution in [3.05, 3.63) is 94.5 Å². The van der Waals surface area contributed by atoms with Crippen LogP contribution in [0.25, 0.3) is 0 Å². The van der Waals surface area contributed by atoms with Crippen LogP contribution in [-0.2, 0) is 22.6 Å². The third kappa shape index (κ3) is 7.62. The van der Waals surface area contributed by atoms with E-state index in [4.69, 9.17) is 4.74 Å². The predicted molar refractivity (Wildman–Crippen MR) is 176 cm³/mol. The minimum atomic E-state index is -3.46. The molecule has 4 N–H and O–H groups in total. The molecular weight excluding hydrogens is 620 g/mol. The molecule has 3 aromatic rings. The van der Waals surface area contributed by atoms with Crippen LogP contribution < -0.4 is 15.4 Å². The number of hydrogen-bond donors (Lipinski definition) is 4. The molecule has 9 nitrogen and oxygen atoms in total. The molecule has 2 fully saturated rings. The van der Waals surface area contributed by atoms with E-state index in [2.05, 4.69) is 10.6 Å². The van der Waals surface area contributed by atoms with Crippen LogP contribution in [0.1, 0.15) is 59.3 Å². The highest BCUT2D eigenvalue weighted by molar-refractivity contribution is 5.97. The Balaban J connectivity index is 1.37. The Bertz CT molecular complexity index is 1660. The number of alkyl halides is 2. The van der Waals surface area contributed by atoms with Crippen LogP contribution in [0, 0.1) is 25.2 Å². The van der Waals surface area contributed by atoms with Crippen molar-refractivity contribution < 1.29 is 38.1 Å². The van der Waals surface area contributed by atoms with Gasteiger partial charge in [-0.15, -0.1) is 0 Å². The standard InChI is InChI=1S/C37H43F2N3O6/c1-22-15-28(23(2)30(43)16-22)33(45)41-29(18-24-9-6-5-7-10-24)31(44)35(47)42-21-37(38,39)36(3,4)32(42)34(46)40-19-26-11-8-12-27(17-26)48-20-25-13-14-25/h5-12,15-17,25,29,31-32,43-44H,13-14,18-21H2,1-4H3,(H,40,46)(H,41,45). The molecule has 0 radical (unpaired) electrons. The van der Waals surface area contributed by atoms with Crippen molar-refractivity contribution in [2.24, 2.45) is 11.3 Å². The first-order chi connectivity index (χ1) is 22.7. The Morgan fingerprint density at radius 2 is 1.69 bits per heavy atom. The molecule has 1 aliphatic carbocycles. The number of halogens is 2. The Hall–Kier alpha value is -4.51. The molecule has 3 amide bonds. The van der Waals surface area contributed by atoms with Crippen LogP contribution in [0.5, 0.6) is 11.5 Å². The number of benzene rings is 3. The van der Waals surface area contributed by atoms with Crippen molar-refractivity contribution in [3.8, 4) is 11.5 Å². The van der Waals surface area contributed by atoms with Crippen molar-refractivity contribution in [1.29, 1.82) is 0 Å². The second-order valence-corrected chi connectivity index (χ2v) is 13.6. The first kappa shape index (κ1) is 34.8. The summed E-state index contributed by atoms with van der Waals surface area (Å²) >= 11 is 0. The van der Waals surface area contributed by atoms with Gasteiger partial charge in [-0.05, 0) is 80.0 Å². The van der Waals surface area contributed by atoms with Crippen molar-refractivity contribution in [1.82, 2.24) is 15.5 Å². The van der Waals surface area contributed by atoms with E-state index in [1.54, 1.807) is 68.4 Å². The molecule has 1 saturated heterocycles. The summed E-state index contributed by atoms with van der Waals surface area (Å²) in [7, 11) is 0. The van der Waals surface area contributed by atoms with Crippen molar-refractivity contribution in [2.75, 3.05) is 13.2 Å². The van der Waals surface area contributed by atoms with Crippen molar-refractivity contribution >= 4 is 17.7 Å². The molecule has 3 unspecified atom stereocenters. The lowest BCUT2D eigenvalue weighted by Crippen LogP contribution is -2.57. The summed E-state index contributed by atoms with van der Waals surface area (Å²) in [5.41, 5.74) is 0.444. The fraction of sp³-hybridized carbons (Fsp3) is 0.432. The number of carbonyl (C=O) groups is 3. The quantitative estimate of drug-likeness (QED) is 0.223. The van der Waals surface area contributed by atoms with E-state index in [0.717, 1.165) is 17.7 Å². The van der Waals surface area contributed by atoms with E-state index in [1.807, 2.05) is 6.07 Å². The number of phenols is 1. The number of rotatable bonds is 12. The fourth-order valence-corrected chi connectivity index (χ4v) is 6.08. The zero-order chi connectivity index (χ0) is 34.8. The maximum absolute atomic E-state index is 15.5. The predicted octanol–water partition coefficient (Wildman–Crippen LogP) is 4.69. The minimum absolute atomic E-state index is 0.0115. The van der Waals surface area contributed by atoms with Gasteiger partial charge in [0.15, 0.2) is 6.10 Å². The first-order valence-electron chi connectivity index (χ1n) is 16.2. The number of hydrogen-bond acceptors (Lipinski definition) is 6. The second-order valence-electron chi connectivity index (χ2n) is 13.6. The highest BCUT2D eigenvalue weighted by Gasteiger charge is 2.64. The van der Waals surface area contributed by atoms with Gasteiger partial charge in [0.25, 0.3) is 17.7 Å². The molecule has 3 aromatic carbocycles. The molecule has 1 saturated carbocycles. The average Bonchev–Trinajstić information content (AvgIpc) is 3.85. The number of aliphatic hydroxyl groups is 1. The maximum atomic E-state index is 15.5. The zero-order valence-electron chi connectivity index (χ0n) is 27.6. The number of amides is 3. The lowest BCUT2D eigenvalue weighted by Gasteiger charge is -2.34. The van der Waals surface area contributed by atoms with Gasteiger partial charge in [-0.3, -0.25) is 14.4 Å². The van der Waals surface area contributed by atoms with Gasteiger partial charge >= 0.3 is 0 Å². The largest absolute Gasteiger partial charge is 0.508 e. The highest BCUT2D eigenvalue weighted by Crippen LogP contribution is 2.48. The Morgan fingerprint density at radius 3 is 2.38 bits per heavy atom. The number of ether oxygens (including phenoxy) is 1.